The van der Waals surface area contributed by atoms with E-state index >= 15 is 0 Å². The highest BCUT2D eigenvalue weighted by Gasteiger charge is 2.30. The third-order valence-corrected chi connectivity index (χ3v) is 6.58. The fourth-order valence-corrected chi connectivity index (χ4v) is 4.36. The van der Waals surface area contributed by atoms with Crippen LogP contribution in [0.15, 0.2) is 83.3 Å². The summed E-state index contributed by atoms with van der Waals surface area (Å²) in [6.45, 7) is 9.69. The first-order valence-corrected chi connectivity index (χ1v) is 14.8. The number of carbonyl (C=O) groups excluding carboxylic acids is 3. The summed E-state index contributed by atoms with van der Waals surface area (Å²) >= 11 is 3.37. The average molecular weight is 639 g/mol. The molecular formula is C33H40BrN3O5. The van der Waals surface area contributed by atoms with Crippen LogP contribution in [0.4, 0.5) is 10.5 Å². The molecule has 3 aromatic carbocycles. The summed E-state index contributed by atoms with van der Waals surface area (Å²) in [4.78, 5) is 39.4. The van der Waals surface area contributed by atoms with Crippen molar-refractivity contribution in [3.05, 3.63) is 94.5 Å². The van der Waals surface area contributed by atoms with Crippen LogP contribution in [0, 0.1) is 5.92 Å². The highest BCUT2D eigenvalue weighted by Crippen LogP contribution is 2.18. The number of hydrogen-bond donors (Lipinski definition) is 3. The summed E-state index contributed by atoms with van der Waals surface area (Å²) in [5.74, 6) is -0.216. The largest absolute Gasteiger partial charge is 0.489 e. The van der Waals surface area contributed by atoms with E-state index in [1.807, 2.05) is 68.4 Å². The Morgan fingerprint density at radius 2 is 1.45 bits per heavy atom. The van der Waals surface area contributed by atoms with Gasteiger partial charge in [0.15, 0.2) is 0 Å². The lowest BCUT2D eigenvalue weighted by Crippen LogP contribution is -2.54. The molecule has 3 aromatic rings. The Morgan fingerprint density at radius 1 is 0.810 bits per heavy atom. The highest BCUT2D eigenvalue weighted by atomic mass is 79.9. The van der Waals surface area contributed by atoms with Crippen molar-refractivity contribution in [2.24, 2.45) is 5.92 Å². The molecule has 8 nitrogen and oxygen atoms in total. The molecule has 0 aromatic heterocycles. The Kier molecular flexibility index (Phi) is 12.0. The molecule has 2 atom stereocenters. The number of halogens is 1. The van der Waals surface area contributed by atoms with Crippen molar-refractivity contribution in [1.29, 1.82) is 0 Å². The van der Waals surface area contributed by atoms with Gasteiger partial charge in [0.05, 0.1) is 0 Å². The van der Waals surface area contributed by atoms with Gasteiger partial charge < -0.3 is 25.4 Å². The molecule has 0 aliphatic heterocycles. The normalized spacial score (nSPS) is 12.6. The van der Waals surface area contributed by atoms with Crippen LogP contribution in [0.5, 0.6) is 5.75 Å². The van der Waals surface area contributed by atoms with E-state index < -0.39 is 35.6 Å². The number of rotatable bonds is 12. The van der Waals surface area contributed by atoms with Gasteiger partial charge in [-0.25, -0.2) is 9.59 Å². The molecule has 0 bridgehead atoms. The molecule has 0 aliphatic carbocycles. The number of anilines is 1. The number of benzene rings is 3. The van der Waals surface area contributed by atoms with Crippen LogP contribution in [-0.2, 0) is 27.4 Å². The predicted molar refractivity (Wildman–Crippen MR) is 168 cm³/mol. The van der Waals surface area contributed by atoms with Gasteiger partial charge in [-0.05, 0) is 80.6 Å². The zero-order valence-electron chi connectivity index (χ0n) is 24.8. The van der Waals surface area contributed by atoms with Gasteiger partial charge in [-0.3, -0.25) is 4.79 Å². The standard InChI is InChI=1S/C33H40BrN3O5/c1-22(2)19-28(37-32(40)35-26-15-13-25(34)14-16-26)30(38)36-29(31(39)42-33(3,4)5)20-23-11-17-27(18-12-23)41-21-24-9-7-6-8-10-24/h6-18,22,28-29H,19-21H2,1-5H3,(H,36,38)(H2,35,37,40)/t28-,29-/m0/s1. The first-order chi connectivity index (χ1) is 19.9. The molecule has 0 fully saturated rings. The molecule has 3 amide bonds. The molecule has 0 unspecified atom stereocenters. The van der Waals surface area contributed by atoms with Crippen molar-refractivity contribution in [3.63, 3.8) is 0 Å². The summed E-state index contributed by atoms with van der Waals surface area (Å²) in [6.07, 6.45) is 0.590. The van der Waals surface area contributed by atoms with Crippen molar-refractivity contribution in [3.8, 4) is 5.75 Å². The smallest absolute Gasteiger partial charge is 0.329 e. The number of amides is 3. The molecule has 224 valence electrons. The van der Waals surface area contributed by atoms with Crippen LogP contribution < -0.4 is 20.7 Å². The van der Waals surface area contributed by atoms with Crippen molar-refractivity contribution in [2.75, 3.05) is 5.32 Å². The maximum atomic E-state index is 13.5. The quantitative estimate of drug-likeness (QED) is 0.193. The summed E-state index contributed by atoms with van der Waals surface area (Å²) < 4.78 is 12.4. The lowest BCUT2D eigenvalue weighted by Gasteiger charge is -2.27. The molecule has 0 aliphatic rings. The van der Waals surface area contributed by atoms with E-state index in [2.05, 4.69) is 31.9 Å². The van der Waals surface area contributed by atoms with Crippen molar-refractivity contribution < 1.29 is 23.9 Å². The van der Waals surface area contributed by atoms with E-state index in [-0.39, 0.29) is 12.3 Å². The van der Waals surface area contributed by atoms with E-state index in [9.17, 15) is 14.4 Å². The minimum absolute atomic E-state index is 0.108. The van der Waals surface area contributed by atoms with E-state index in [0.29, 0.717) is 24.5 Å². The number of nitrogens with one attached hydrogen (secondary N) is 3. The van der Waals surface area contributed by atoms with Crippen LogP contribution in [0.1, 0.15) is 52.2 Å². The van der Waals surface area contributed by atoms with Gasteiger partial charge in [-0.15, -0.1) is 0 Å². The van der Waals surface area contributed by atoms with Gasteiger partial charge in [0.2, 0.25) is 5.91 Å². The Balaban J connectivity index is 1.70. The maximum Gasteiger partial charge on any atom is 0.329 e. The SMILES string of the molecule is CC(C)C[C@H](NC(=O)Nc1ccc(Br)cc1)C(=O)N[C@@H](Cc1ccc(OCc2ccccc2)cc1)C(=O)OC(C)(C)C. The lowest BCUT2D eigenvalue weighted by molar-refractivity contribution is -0.158. The molecule has 42 heavy (non-hydrogen) atoms. The Bertz CT molecular complexity index is 1310. The molecule has 0 spiro atoms. The first-order valence-electron chi connectivity index (χ1n) is 14.0. The molecule has 3 N–H and O–H groups in total. The number of urea groups is 1. The predicted octanol–water partition coefficient (Wildman–Crippen LogP) is 6.63. The summed E-state index contributed by atoms with van der Waals surface area (Å²) in [6, 6.07) is 22.0. The van der Waals surface area contributed by atoms with Crippen LogP contribution in [0.3, 0.4) is 0 Å². The monoisotopic (exact) mass is 637 g/mol. The van der Waals surface area contributed by atoms with E-state index in [0.717, 1.165) is 15.6 Å². The van der Waals surface area contributed by atoms with Crippen molar-refractivity contribution in [2.45, 2.75) is 71.8 Å². The third kappa shape index (κ3) is 11.6. The van der Waals surface area contributed by atoms with Crippen molar-refractivity contribution in [1.82, 2.24) is 10.6 Å². The molecule has 0 saturated heterocycles. The van der Waals surface area contributed by atoms with Gasteiger partial charge in [-0.2, -0.15) is 0 Å². The fraction of sp³-hybridized carbons (Fsp3) is 0.364. The second-order valence-corrected chi connectivity index (χ2v) is 12.4. The van der Waals surface area contributed by atoms with E-state index in [1.54, 1.807) is 45.0 Å². The van der Waals surface area contributed by atoms with E-state index in [4.69, 9.17) is 9.47 Å². The Labute approximate surface area is 256 Å². The third-order valence-electron chi connectivity index (χ3n) is 6.05. The van der Waals surface area contributed by atoms with Crippen LogP contribution in [-0.4, -0.2) is 35.6 Å². The fourth-order valence-electron chi connectivity index (χ4n) is 4.10. The van der Waals surface area contributed by atoms with Crippen molar-refractivity contribution >= 4 is 39.5 Å². The minimum Gasteiger partial charge on any atom is -0.489 e. The lowest BCUT2D eigenvalue weighted by atomic mass is 10.0. The van der Waals surface area contributed by atoms with E-state index in [1.165, 1.54) is 0 Å². The zero-order valence-corrected chi connectivity index (χ0v) is 26.4. The zero-order chi connectivity index (χ0) is 30.7. The summed E-state index contributed by atoms with van der Waals surface area (Å²) in [5, 5.41) is 8.34. The number of hydrogen-bond acceptors (Lipinski definition) is 5. The molecular weight excluding hydrogens is 598 g/mol. The number of carbonyl (C=O) groups is 3. The Morgan fingerprint density at radius 3 is 2.05 bits per heavy atom. The first kappa shape index (κ1) is 32.7. The number of esters is 1. The van der Waals surface area contributed by atoms with Gasteiger partial charge in [-0.1, -0.05) is 72.2 Å². The van der Waals surface area contributed by atoms with Gasteiger partial charge in [0, 0.05) is 16.6 Å². The molecule has 0 saturated carbocycles. The minimum atomic E-state index is -0.959. The average Bonchev–Trinajstić information content (AvgIpc) is 2.92. The number of ether oxygens (including phenoxy) is 2. The topological polar surface area (TPSA) is 106 Å². The molecule has 9 heteroatoms. The maximum absolute atomic E-state index is 13.5. The molecule has 0 heterocycles. The Hall–Kier alpha value is -3.85. The van der Waals surface area contributed by atoms with Crippen LogP contribution in [0.2, 0.25) is 0 Å². The second-order valence-electron chi connectivity index (χ2n) is 11.5. The van der Waals surface area contributed by atoms with Gasteiger partial charge in [0.25, 0.3) is 0 Å². The second kappa shape index (κ2) is 15.4. The van der Waals surface area contributed by atoms with Gasteiger partial charge >= 0.3 is 12.0 Å². The van der Waals surface area contributed by atoms with Crippen LogP contribution >= 0.6 is 15.9 Å². The van der Waals surface area contributed by atoms with Gasteiger partial charge in [0.1, 0.15) is 30.0 Å². The molecule has 0 radical (unpaired) electrons. The highest BCUT2D eigenvalue weighted by molar-refractivity contribution is 9.10. The van der Waals surface area contributed by atoms with Crippen LogP contribution in [0.25, 0.3) is 0 Å². The summed E-state index contributed by atoms with van der Waals surface area (Å²) in [5.41, 5.74) is 1.72. The summed E-state index contributed by atoms with van der Waals surface area (Å²) in [7, 11) is 0. The molecule has 3 rings (SSSR count).